The van der Waals surface area contributed by atoms with E-state index < -0.39 is 73.8 Å². The number of benzene rings is 1. The number of nitrogens with zero attached hydrogens (tertiary/aromatic N) is 11. The molecule has 27 nitrogen and oxygen atoms in total. The van der Waals surface area contributed by atoms with Gasteiger partial charge in [-0.05, 0) is 31.2 Å². The summed E-state index contributed by atoms with van der Waals surface area (Å²) in [6.45, 7) is -2.50. The van der Waals surface area contributed by atoms with Gasteiger partial charge in [0.1, 0.15) is 62.5 Å². The van der Waals surface area contributed by atoms with E-state index in [9.17, 15) is 38.7 Å². The molecule has 12 N–H and O–H groups in total. The predicted octanol–water partition coefficient (Wildman–Crippen LogP) is -1.76. The molecule has 67 heavy (non-hydrogen) atoms. The van der Waals surface area contributed by atoms with Crippen molar-refractivity contribution in [2.45, 2.75) is 64.3 Å². The van der Waals surface area contributed by atoms with E-state index >= 15 is 0 Å². The number of imidazole rings is 2. The molecule has 0 unspecified atom stereocenters. The van der Waals surface area contributed by atoms with E-state index in [2.05, 4.69) is 50.8 Å². The van der Waals surface area contributed by atoms with E-state index in [1.165, 1.54) is 34.4 Å². The Labute approximate surface area is 381 Å². The number of carbonyl (C=O) groups is 7. The van der Waals surface area contributed by atoms with E-state index in [4.69, 9.17) is 27.7 Å². The van der Waals surface area contributed by atoms with Gasteiger partial charge >= 0.3 is 12.1 Å². The number of ether oxygens (including phenoxy) is 1. The van der Waals surface area contributed by atoms with Gasteiger partial charge in [0.05, 0.1) is 12.7 Å². The topological polar surface area (TPSA) is 395 Å². The summed E-state index contributed by atoms with van der Waals surface area (Å²) in [6, 6.07) is 7.83. The van der Waals surface area contributed by atoms with Crippen LogP contribution in [0.5, 0.6) is 0 Å². The largest absolute Gasteiger partial charge is 0.480 e. The number of imide groups is 1. The second-order valence-corrected chi connectivity index (χ2v) is 14.9. The lowest BCUT2D eigenvalue weighted by Gasteiger charge is -2.27. The molecule has 0 saturated carbocycles. The van der Waals surface area contributed by atoms with Crippen molar-refractivity contribution >= 4 is 81.5 Å². The SMILES string of the molecule is NC(N)=NCCC[C@H](NC(=O)CCCCCNC(=O)CN(C(=O)CN(CCNC(=O)OCc1ccccc1)C(=O)Cn1cnc2c(N)ncnc21)C(=O)Cn1cnc2c(N)ncnc21)C(=O)O. The van der Waals surface area contributed by atoms with Crippen molar-refractivity contribution in [3.05, 3.63) is 61.2 Å². The van der Waals surface area contributed by atoms with Crippen molar-refractivity contribution in [2.75, 3.05) is 50.7 Å². The number of aromatic nitrogens is 8. The summed E-state index contributed by atoms with van der Waals surface area (Å²) >= 11 is 0. The second kappa shape index (κ2) is 24.5. The first kappa shape index (κ1) is 49.5. The number of aliphatic carboxylic acids is 1. The van der Waals surface area contributed by atoms with Gasteiger partial charge in [-0.3, -0.25) is 33.9 Å². The number of unbranched alkanes of at least 4 members (excludes halogenated alkanes) is 2. The Balaban J connectivity index is 1.23. The van der Waals surface area contributed by atoms with Crippen molar-refractivity contribution < 1.29 is 43.4 Å². The second-order valence-electron chi connectivity index (χ2n) is 14.9. The van der Waals surface area contributed by atoms with Crippen LogP contribution in [0.15, 0.2) is 60.6 Å². The molecule has 0 spiro atoms. The van der Waals surface area contributed by atoms with Crippen LogP contribution in [0.25, 0.3) is 22.3 Å². The number of hydrogen-bond donors (Lipinski definition) is 8. The van der Waals surface area contributed by atoms with Crippen LogP contribution in [0.1, 0.15) is 44.1 Å². The van der Waals surface area contributed by atoms with Crippen LogP contribution >= 0.6 is 0 Å². The highest BCUT2D eigenvalue weighted by Crippen LogP contribution is 2.16. The van der Waals surface area contributed by atoms with Gasteiger partial charge in [-0.25, -0.2) is 39.5 Å². The minimum atomic E-state index is -1.19. The van der Waals surface area contributed by atoms with Crippen LogP contribution in [0.4, 0.5) is 16.4 Å². The first-order valence-electron chi connectivity index (χ1n) is 20.9. The van der Waals surface area contributed by atoms with Crippen LogP contribution < -0.4 is 38.9 Å². The first-order valence-corrected chi connectivity index (χ1v) is 20.9. The van der Waals surface area contributed by atoms with Crippen molar-refractivity contribution in [3.8, 4) is 0 Å². The van der Waals surface area contributed by atoms with Crippen LogP contribution in [-0.4, -0.2) is 147 Å². The highest BCUT2D eigenvalue weighted by Gasteiger charge is 2.29. The molecule has 6 amide bonds. The molecule has 0 fully saturated rings. The number of guanidine groups is 1. The number of nitrogen functional groups attached to an aromatic ring is 2. The van der Waals surface area contributed by atoms with Crippen LogP contribution in [0.3, 0.4) is 0 Å². The number of carboxylic acids is 1. The molecule has 0 radical (unpaired) electrons. The molecule has 0 aliphatic rings. The molecule has 5 aromatic rings. The number of aliphatic imine (C=N–C) groups is 1. The summed E-state index contributed by atoms with van der Waals surface area (Å²) < 4.78 is 7.99. The number of carbonyl (C=O) groups excluding carboxylic acids is 6. The van der Waals surface area contributed by atoms with E-state index in [1.54, 1.807) is 24.3 Å². The van der Waals surface area contributed by atoms with E-state index in [-0.39, 0.29) is 85.6 Å². The maximum absolute atomic E-state index is 14.2. The quantitative estimate of drug-likeness (QED) is 0.0183. The molecule has 0 aliphatic carbocycles. The van der Waals surface area contributed by atoms with Crippen LogP contribution in [0, 0.1) is 0 Å². The average molecular weight is 929 g/mol. The van der Waals surface area contributed by atoms with Crippen LogP contribution in [-0.2, 0) is 53.2 Å². The Kier molecular flexibility index (Phi) is 18.1. The predicted molar refractivity (Wildman–Crippen MR) is 238 cm³/mol. The number of hydrogen-bond acceptors (Lipinski definition) is 17. The van der Waals surface area contributed by atoms with Gasteiger partial charge < -0.3 is 62.8 Å². The van der Waals surface area contributed by atoms with Crippen molar-refractivity contribution in [3.63, 3.8) is 0 Å². The van der Waals surface area contributed by atoms with Gasteiger partial charge in [-0.2, -0.15) is 0 Å². The zero-order valence-corrected chi connectivity index (χ0v) is 36.3. The smallest absolute Gasteiger partial charge is 0.407 e. The summed E-state index contributed by atoms with van der Waals surface area (Å²) in [7, 11) is 0. The first-order chi connectivity index (χ1) is 32.2. The van der Waals surface area contributed by atoms with E-state index in [0.29, 0.717) is 30.6 Å². The number of carboxylic acid groups (broad SMARTS) is 1. The fourth-order valence-electron chi connectivity index (χ4n) is 6.47. The molecule has 5 rings (SSSR count). The Hall–Kier alpha value is -8.52. The number of nitrogens with one attached hydrogen (secondary N) is 3. The monoisotopic (exact) mass is 928 g/mol. The number of nitrogens with two attached hydrogens (primary N) is 4. The number of rotatable bonds is 25. The molecule has 0 aliphatic heterocycles. The standard InChI is InChI=1S/C40H52N18O9/c41-34-32-36(50-21-48-34)56(23-52-32)17-29(61)55(15-14-47-40(66)67-20-25-8-3-1-4-9-25)18-30(62)58(31(63)19-57-24-53-33-35(42)49-22-51-37(33)57)16-28(60)45-12-6-2-5-11-27(59)54-26(38(64)65)10-7-13-46-39(43)44/h1,3-4,8-9,21-24,26H,2,5-7,10-20H2,(H,45,60)(H,47,66)(H,54,59)(H,64,65)(H2,41,48,50)(H2,42,49,51)(H4,43,44,46)/t26-/m0/s1. The van der Waals surface area contributed by atoms with Crippen LogP contribution in [0.2, 0.25) is 0 Å². The van der Waals surface area contributed by atoms with Gasteiger partial charge in [0, 0.05) is 32.6 Å². The summed E-state index contributed by atoms with van der Waals surface area (Å²) in [5, 5.41) is 17.2. The van der Waals surface area contributed by atoms with Crippen molar-refractivity contribution in [1.82, 2.24) is 64.8 Å². The summed E-state index contributed by atoms with van der Waals surface area (Å²) in [6.07, 6.45) is 5.91. The molecule has 0 bridgehead atoms. The molecule has 1 atom stereocenters. The van der Waals surface area contributed by atoms with Crippen molar-refractivity contribution in [1.29, 1.82) is 0 Å². The molecule has 27 heteroatoms. The lowest BCUT2D eigenvalue weighted by molar-refractivity contribution is -0.151. The summed E-state index contributed by atoms with van der Waals surface area (Å²) in [4.78, 5) is 122. The molecule has 4 aromatic heterocycles. The lowest BCUT2D eigenvalue weighted by Crippen LogP contribution is -2.51. The fourth-order valence-corrected chi connectivity index (χ4v) is 6.47. The molecule has 1 aromatic carbocycles. The average Bonchev–Trinajstić information content (AvgIpc) is 3.91. The molecule has 0 saturated heterocycles. The maximum Gasteiger partial charge on any atom is 0.407 e. The minimum absolute atomic E-state index is 0.0208. The normalized spacial score (nSPS) is 11.3. The van der Waals surface area contributed by atoms with Gasteiger partial charge in [0.15, 0.2) is 28.9 Å². The molecule has 356 valence electrons. The van der Waals surface area contributed by atoms with E-state index in [0.717, 1.165) is 10.5 Å². The summed E-state index contributed by atoms with van der Waals surface area (Å²) in [5.41, 5.74) is 24.0. The molecule has 4 heterocycles. The van der Waals surface area contributed by atoms with E-state index in [1.807, 2.05) is 6.07 Å². The molecular formula is C40H52N18O9. The number of alkyl carbamates (subject to hydrolysis) is 1. The Morgan fingerprint density at radius 3 is 2.00 bits per heavy atom. The third kappa shape index (κ3) is 15.0. The Bertz CT molecular complexity index is 2560. The zero-order chi connectivity index (χ0) is 48.3. The Morgan fingerprint density at radius 2 is 1.37 bits per heavy atom. The lowest BCUT2D eigenvalue weighted by atomic mass is 10.1. The van der Waals surface area contributed by atoms with Crippen molar-refractivity contribution in [2.24, 2.45) is 16.5 Å². The number of amides is 6. The molecular weight excluding hydrogens is 877 g/mol. The fraction of sp³-hybridized carbons (Fsp3) is 0.400. The summed E-state index contributed by atoms with van der Waals surface area (Å²) in [5.74, 6) is -4.81. The third-order valence-corrected chi connectivity index (χ3v) is 9.90. The third-order valence-electron chi connectivity index (χ3n) is 9.90. The number of anilines is 2. The Morgan fingerprint density at radius 1 is 0.731 bits per heavy atom. The number of fused-ring (bicyclic) bond motifs is 2. The van der Waals surface area contributed by atoms with Gasteiger partial charge in [-0.1, -0.05) is 36.8 Å². The van der Waals surface area contributed by atoms with Gasteiger partial charge in [0.2, 0.25) is 29.5 Å². The maximum atomic E-state index is 14.2. The highest BCUT2D eigenvalue weighted by atomic mass is 16.5. The van der Waals surface area contributed by atoms with Gasteiger partial charge in [0.25, 0.3) is 0 Å². The highest BCUT2D eigenvalue weighted by molar-refractivity contribution is 6.01. The van der Waals surface area contributed by atoms with Gasteiger partial charge in [-0.15, -0.1) is 0 Å². The minimum Gasteiger partial charge on any atom is -0.480 e. The zero-order valence-electron chi connectivity index (χ0n) is 36.3.